The Morgan fingerprint density at radius 1 is 1.35 bits per heavy atom. The van der Waals surface area contributed by atoms with Gasteiger partial charge in [-0.25, -0.2) is 4.98 Å². The van der Waals surface area contributed by atoms with E-state index >= 15 is 0 Å². The molecule has 1 amide bonds. The molecule has 7 heteroatoms. The van der Waals surface area contributed by atoms with Crippen LogP contribution in [0.1, 0.15) is 29.4 Å². The van der Waals surface area contributed by atoms with Gasteiger partial charge in [-0.05, 0) is 37.6 Å². The molecule has 4 rings (SSSR count). The Balaban J connectivity index is 1.49. The van der Waals surface area contributed by atoms with Crippen LogP contribution in [0.3, 0.4) is 0 Å². The minimum absolute atomic E-state index is 0.216. The Kier molecular flexibility index (Phi) is 3.80. The maximum Gasteiger partial charge on any atom is 0.277 e. The second-order valence-corrected chi connectivity index (χ2v) is 6.65. The fraction of sp³-hybridized carbons (Fsp3) is 0.312. The van der Waals surface area contributed by atoms with Gasteiger partial charge in [0.25, 0.3) is 5.91 Å². The van der Waals surface area contributed by atoms with E-state index in [0.717, 1.165) is 36.1 Å². The second kappa shape index (κ2) is 6.10. The highest BCUT2D eigenvalue weighted by molar-refractivity contribution is 7.22. The van der Waals surface area contributed by atoms with Gasteiger partial charge in [-0.1, -0.05) is 23.5 Å². The molecule has 118 valence electrons. The molecule has 1 aliphatic rings. The summed E-state index contributed by atoms with van der Waals surface area (Å²) in [5, 5.41) is 11.2. The van der Waals surface area contributed by atoms with E-state index in [1.54, 1.807) is 6.07 Å². The predicted molar refractivity (Wildman–Crippen MR) is 90.9 cm³/mol. The van der Waals surface area contributed by atoms with E-state index in [1.165, 1.54) is 11.3 Å². The van der Waals surface area contributed by atoms with Gasteiger partial charge < -0.3 is 5.32 Å². The Bertz CT molecular complexity index is 801. The summed E-state index contributed by atoms with van der Waals surface area (Å²) < 4.78 is 2.95. The van der Waals surface area contributed by atoms with Crippen molar-refractivity contribution in [2.75, 3.05) is 18.4 Å². The normalized spacial score (nSPS) is 18.2. The summed E-state index contributed by atoms with van der Waals surface area (Å²) in [6.45, 7) is 1.96. The number of benzene rings is 1. The van der Waals surface area contributed by atoms with Crippen LogP contribution >= 0.6 is 11.3 Å². The Morgan fingerprint density at radius 2 is 2.26 bits per heavy atom. The van der Waals surface area contributed by atoms with Gasteiger partial charge in [-0.2, -0.15) is 5.10 Å². The van der Waals surface area contributed by atoms with E-state index in [1.807, 2.05) is 35.1 Å². The minimum Gasteiger partial charge on any atom is -0.315 e. The number of amides is 1. The SMILES string of the molecule is O=C(Nc1nc2ccccc2s1)c1ccn(C2CCCNC2)n1. The number of nitrogens with zero attached hydrogens (tertiary/aromatic N) is 3. The molecule has 0 bridgehead atoms. The van der Waals surface area contributed by atoms with Crippen molar-refractivity contribution in [2.24, 2.45) is 0 Å². The van der Waals surface area contributed by atoms with Crippen LogP contribution in [0.5, 0.6) is 0 Å². The molecule has 0 radical (unpaired) electrons. The number of carbonyl (C=O) groups excluding carboxylic acids is 1. The first-order chi connectivity index (χ1) is 11.3. The van der Waals surface area contributed by atoms with Crippen LogP contribution in [-0.4, -0.2) is 33.8 Å². The van der Waals surface area contributed by atoms with Crippen LogP contribution in [0.25, 0.3) is 10.2 Å². The summed E-state index contributed by atoms with van der Waals surface area (Å²) >= 11 is 1.47. The standard InChI is InChI=1S/C16H17N5OS/c22-15(19-16-18-12-5-1-2-6-14(12)23-16)13-7-9-21(20-13)11-4-3-8-17-10-11/h1-2,5-7,9,11,17H,3-4,8,10H2,(H,18,19,22). The monoisotopic (exact) mass is 327 g/mol. The fourth-order valence-electron chi connectivity index (χ4n) is 2.81. The number of thiazole rings is 1. The van der Waals surface area contributed by atoms with Gasteiger partial charge in [0.1, 0.15) is 0 Å². The van der Waals surface area contributed by atoms with Crippen molar-refractivity contribution in [3.05, 3.63) is 42.2 Å². The molecule has 1 aliphatic heterocycles. The van der Waals surface area contributed by atoms with Crippen LogP contribution in [-0.2, 0) is 0 Å². The maximum atomic E-state index is 12.4. The third-order valence-corrected chi connectivity index (χ3v) is 4.95. The number of aromatic nitrogens is 3. The van der Waals surface area contributed by atoms with E-state index in [-0.39, 0.29) is 5.91 Å². The molecule has 6 nitrogen and oxygen atoms in total. The summed E-state index contributed by atoms with van der Waals surface area (Å²) in [5.74, 6) is -0.216. The van der Waals surface area contributed by atoms with Crippen molar-refractivity contribution in [3.8, 4) is 0 Å². The molecule has 2 N–H and O–H groups in total. The lowest BCUT2D eigenvalue weighted by Crippen LogP contribution is -2.32. The van der Waals surface area contributed by atoms with Gasteiger partial charge in [-0.15, -0.1) is 0 Å². The van der Waals surface area contributed by atoms with Crippen molar-refractivity contribution in [1.29, 1.82) is 0 Å². The average molecular weight is 327 g/mol. The Hall–Kier alpha value is -2.25. The number of piperidine rings is 1. The molecule has 1 atom stereocenters. The van der Waals surface area contributed by atoms with Crippen LogP contribution in [0.2, 0.25) is 0 Å². The van der Waals surface area contributed by atoms with Gasteiger partial charge >= 0.3 is 0 Å². The maximum absolute atomic E-state index is 12.4. The lowest BCUT2D eigenvalue weighted by atomic mass is 10.1. The number of para-hydroxylation sites is 1. The molecule has 0 aliphatic carbocycles. The van der Waals surface area contributed by atoms with Crippen molar-refractivity contribution >= 4 is 32.6 Å². The van der Waals surface area contributed by atoms with Crippen molar-refractivity contribution in [1.82, 2.24) is 20.1 Å². The molecule has 0 saturated carbocycles. The van der Waals surface area contributed by atoms with Crippen LogP contribution in [0.15, 0.2) is 36.5 Å². The molecule has 1 saturated heterocycles. The summed E-state index contributed by atoms with van der Waals surface area (Å²) in [6.07, 6.45) is 4.11. The number of fused-ring (bicyclic) bond motifs is 1. The van der Waals surface area contributed by atoms with Crippen LogP contribution < -0.4 is 10.6 Å². The lowest BCUT2D eigenvalue weighted by Gasteiger charge is -2.22. The zero-order valence-electron chi connectivity index (χ0n) is 12.5. The number of nitrogens with one attached hydrogen (secondary N) is 2. The Morgan fingerprint density at radius 3 is 3.09 bits per heavy atom. The van der Waals surface area contributed by atoms with E-state index in [2.05, 4.69) is 20.7 Å². The summed E-state index contributed by atoms with van der Waals surface area (Å²) in [5.41, 5.74) is 1.32. The molecule has 23 heavy (non-hydrogen) atoms. The average Bonchev–Trinajstić information content (AvgIpc) is 3.22. The molecule has 1 fully saturated rings. The lowest BCUT2D eigenvalue weighted by molar-refractivity contribution is 0.102. The molecular formula is C16H17N5OS. The second-order valence-electron chi connectivity index (χ2n) is 5.62. The van der Waals surface area contributed by atoms with Gasteiger partial charge in [0.05, 0.1) is 16.3 Å². The summed E-state index contributed by atoms with van der Waals surface area (Å²) in [6, 6.07) is 9.92. The van der Waals surface area contributed by atoms with Gasteiger partial charge in [0.2, 0.25) is 0 Å². The largest absolute Gasteiger partial charge is 0.315 e. The van der Waals surface area contributed by atoms with Crippen molar-refractivity contribution < 1.29 is 4.79 Å². The number of anilines is 1. The molecule has 3 aromatic rings. The molecule has 0 spiro atoms. The number of hydrogen-bond donors (Lipinski definition) is 2. The van der Waals surface area contributed by atoms with E-state index in [9.17, 15) is 4.79 Å². The topological polar surface area (TPSA) is 71.8 Å². The molecule has 1 unspecified atom stereocenters. The predicted octanol–water partition coefficient (Wildman–Crippen LogP) is 2.67. The number of carbonyl (C=O) groups is 1. The molecule has 1 aromatic carbocycles. The quantitative estimate of drug-likeness (QED) is 0.776. The zero-order valence-corrected chi connectivity index (χ0v) is 13.3. The smallest absolute Gasteiger partial charge is 0.277 e. The zero-order chi connectivity index (χ0) is 15.6. The van der Waals surface area contributed by atoms with Gasteiger partial charge in [0, 0.05) is 12.7 Å². The molecule has 2 aromatic heterocycles. The van der Waals surface area contributed by atoms with Crippen molar-refractivity contribution in [2.45, 2.75) is 18.9 Å². The van der Waals surface area contributed by atoms with E-state index in [0.29, 0.717) is 16.9 Å². The third-order valence-electron chi connectivity index (χ3n) is 4.00. The summed E-state index contributed by atoms with van der Waals surface area (Å²) in [7, 11) is 0. The van der Waals surface area contributed by atoms with Gasteiger partial charge in [-0.3, -0.25) is 14.8 Å². The van der Waals surface area contributed by atoms with E-state index < -0.39 is 0 Å². The van der Waals surface area contributed by atoms with Gasteiger partial charge in [0.15, 0.2) is 10.8 Å². The first-order valence-electron chi connectivity index (χ1n) is 7.72. The summed E-state index contributed by atoms with van der Waals surface area (Å²) in [4.78, 5) is 16.8. The highest BCUT2D eigenvalue weighted by Gasteiger charge is 2.18. The van der Waals surface area contributed by atoms with Crippen LogP contribution in [0, 0.1) is 0 Å². The Labute approximate surface area is 137 Å². The first kappa shape index (κ1) is 14.3. The van der Waals surface area contributed by atoms with Crippen molar-refractivity contribution in [3.63, 3.8) is 0 Å². The number of hydrogen-bond acceptors (Lipinski definition) is 5. The number of rotatable bonds is 3. The van der Waals surface area contributed by atoms with Crippen LogP contribution in [0.4, 0.5) is 5.13 Å². The third kappa shape index (κ3) is 2.97. The fourth-order valence-corrected chi connectivity index (χ4v) is 3.67. The minimum atomic E-state index is -0.216. The highest BCUT2D eigenvalue weighted by atomic mass is 32.1. The molecule has 3 heterocycles. The highest BCUT2D eigenvalue weighted by Crippen LogP contribution is 2.25. The molecular weight excluding hydrogens is 310 g/mol. The first-order valence-corrected chi connectivity index (χ1v) is 8.54. The van der Waals surface area contributed by atoms with E-state index in [4.69, 9.17) is 0 Å².